The molecule has 2 aromatic carbocycles. The standard InChI is InChI=1S/C23H26N4O4S2/c1-15-10-12-27(13-11-15)33(30,31)19-7-4-17(5-8-19)22(29)25-23-26(3)20-9-6-18(24-16(2)28)14-21(20)32-23/h4-9,14-15H,10-13H2,1-3H3,(H,24,28). The first-order chi connectivity index (χ1) is 15.6. The lowest BCUT2D eigenvalue weighted by atomic mass is 10.0. The highest BCUT2D eigenvalue weighted by Gasteiger charge is 2.28. The molecule has 1 saturated heterocycles. The molecule has 8 nitrogen and oxygen atoms in total. The van der Waals surface area contributed by atoms with Gasteiger partial charge in [-0.25, -0.2) is 8.42 Å². The monoisotopic (exact) mass is 486 g/mol. The molecule has 33 heavy (non-hydrogen) atoms. The third-order valence-corrected chi connectivity index (χ3v) is 8.82. The summed E-state index contributed by atoms with van der Waals surface area (Å²) < 4.78 is 30.0. The van der Waals surface area contributed by atoms with E-state index >= 15 is 0 Å². The van der Waals surface area contributed by atoms with Crippen LogP contribution >= 0.6 is 11.3 Å². The van der Waals surface area contributed by atoms with Crippen molar-refractivity contribution in [2.45, 2.75) is 31.6 Å². The van der Waals surface area contributed by atoms with Crippen LogP contribution in [0.25, 0.3) is 10.2 Å². The zero-order valence-electron chi connectivity index (χ0n) is 18.7. The molecule has 0 bridgehead atoms. The van der Waals surface area contributed by atoms with Gasteiger partial charge in [-0.3, -0.25) is 9.59 Å². The van der Waals surface area contributed by atoms with Gasteiger partial charge in [-0.15, -0.1) is 0 Å². The van der Waals surface area contributed by atoms with E-state index in [0.29, 0.717) is 35.1 Å². The summed E-state index contributed by atoms with van der Waals surface area (Å²) >= 11 is 1.34. The molecule has 1 fully saturated rings. The van der Waals surface area contributed by atoms with Gasteiger partial charge in [0.25, 0.3) is 5.91 Å². The molecule has 0 unspecified atom stereocenters. The number of amides is 2. The molecule has 1 N–H and O–H groups in total. The number of thiazole rings is 1. The van der Waals surface area contributed by atoms with E-state index < -0.39 is 15.9 Å². The first-order valence-electron chi connectivity index (χ1n) is 10.7. The summed E-state index contributed by atoms with van der Waals surface area (Å²) in [5, 5.41) is 2.74. The molecule has 1 aliphatic heterocycles. The van der Waals surface area contributed by atoms with Crippen molar-refractivity contribution in [3.63, 3.8) is 0 Å². The van der Waals surface area contributed by atoms with Gasteiger partial charge in [0.2, 0.25) is 15.9 Å². The highest BCUT2D eigenvalue weighted by molar-refractivity contribution is 7.89. The highest BCUT2D eigenvalue weighted by Crippen LogP contribution is 2.24. The van der Waals surface area contributed by atoms with Crippen LogP contribution in [0.1, 0.15) is 37.0 Å². The molecule has 1 aliphatic rings. The van der Waals surface area contributed by atoms with Crippen molar-refractivity contribution in [1.29, 1.82) is 0 Å². The Morgan fingerprint density at radius 3 is 2.39 bits per heavy atom. The number of benzene rings is 2. The maximum atomic E-state index is 12.9. The van der Waals surface area contributed by atoms with E-state index in [4.69, 9.17) is 0 Å². The number of carbonyl (C=O) groups is 2. The van der Waals surface area contributed by atoms with E-state index in [9.17, 15) is 18.0 Å². The van der Waals surface area contributed by atoms with E-state index in [1.165, 1.54) is 46.8 Å². The molecule has 0 spiro atoms. The Labute approximate surface area is 196 Å². The fourth-order valence-corrected chi connectivity index (χ4v) is 6.34. The second-order valence-electron chi connectivity index (χ2n) is 8.34. The molecular formula is C23H26N4O4S2. The summed E-state index contributed by atoms with van der Waals surface area (Å²) in [6.45, 7) is 4.62. The predicted molar refractivity (Wildman–Crippen MR) is 129 cm³/mol. The summed E-state index contributed by atoms with van der Waals surface area (Å²) in [5.74, 6) is -0.0732. The number of anilines is 1. The number of rotatable bonds is 4. The van der Waals surface area contributed by atoms with Gasteiger partial charge >= 0.3 is 0 Å². The smallest absolute Gasteiger partial charge is 0.279 e. The minimum Gasteiger partial charge on any atom is -0.326 e. The van der Waals surface area contributed by atoms with Gasteiger partial charge in [0, 0.05) is 38.3 Å². The van der Waals surface area contributed by atoms with E-state index in [0.717, 1.165) is 23.1 Å². The number of hydrogen-bond donors (Lipinski definition) is 1. The van der Waals surface area contributed by atoms with Crippen LogP contribution in [-0.2, 0) is 21.9 Å². The lowest BCUT2D eigenvalue weighted by Gasteiger charge is -2.29. The molecule has 2 amide bonds. The van der Waals surface area contributed by atoms with Crippen LogP contribution in [0.4, 0.5) is 5.69 Å². The average molecular weight is 487 g/mol. The second-order valence-corrected chi connectivity index (χ2v) is 11.3. The van der Waals surface area contributed by atoms with Crippen molar-refractivity contribution in [2.75, 3.05) is 18.4 Å². The van der Waals surface area contributed by atoms with Crippen LogP contribution in [0.15, 0.2) is 52.4 Å². The Balaban J connectivity index is 1.58. The third-order valence-electron chi connectivity index (χ3n) is 5.81. The molecule has 0 atom stereocenters. The van der Waals surface area contributed by atoms with E-state index in [1.807, 2.05) is 23.7 Å². The highest BCUT2D eigenvalue weighted by atomic mass is 32.2. The van der Waals surface area contributed by atoms with E-state index in [2.05, 4.69) is 17.2 Å². The number of aryl methyl sites for hydroxylation is 1. The summed E-state index contributed by atoms with van der Waals surface area (Å²) in [6, 6.07) is 11.5. The molecular weight excluding hydrogens is 460 g/mol. The van der Waals surface area contributed by atoms with Crippen molar-refractivity contribution >= 4 is 49.1 Å². The molecule has 0 saturated carbocycles. The number of sulfonamides is 1. The van der Waals surface area contributed by atoms with Gasteiger partial charge < -0.3 is 9.88 Å². The van der Waals surface area contributed by atoms with Crippen molar-refractivity contribution < 1.29 is 18.0 Å². The van der Waals surface area contributed by atoms with Crippen LogP contribution in [0.5, 0.6) is 0 Å². The number of nitrogens with one attached hydrogen (secondary N) is 1. The van der Waals surface area contributed by atoms with Gasteiger partial charge in [0.15, 0.2) is 4.80 Å². The number of fused-ring (bicyclic) bond motifs is 1. The fourth-order valence-electron chi connectivity index (χ4n) is 3.82. The SMILES string of the molecule is CC(=O)Nc1ccc2c(c1)sc(=NC(=O)c1ccc(S(=O)(=O)N3CCC(C)CC3)cc1)n2C. The maximum Gasteiger partial charge on any atom is 0.279 e. The molecule has 4 rings (SSSR count). The predicted octanol–water partition coefficient (Wildman–Crippen LogP) is 3.36. The third kappa shape index (κ3) is 4.92. The minimum absolute atomic E-state index is 0.157. The lowest BCUT2D eigenvalue weighted by Crippen LogP contribution is -2.37. The van der Waals surface area contributed by atoms with Crippen LogP contribution in [-0.4, -0.2) is 42.2 Å². The molecule has 3 aromatic rings. The van der Waals surface area contributed by atoms with Crippen molar-refractivity contribution in [1.82, 2.24) is 8.87 Å². The Hall–Kier alpha value is -2.82. The van der Waals surface area contributed by atoms with Gasteiger partial charge in [-0.1, -0.05) is 18.3 Å². The van der Waals surface area contributed by atoms with Crippen molar-refractivity contribution in [3.05, 3.63) is 52.8 Å². The Morgan fingerprint density at radius 2 is 1.76 bits per heavy atom. The summed E-state index contributed by atoms with van der Waals surface area (Å²) in [5.41, 5.74) is 1.88. The van der Waals surface area contributed by atoms with Gasteiger partial charge in [-0.2, -0.15) is 9.30 Å². The number of carbonyl (C=O) groups excluding carboxylic acids is 2. The number of hydrogen-bond acceptors (Lipinski definition) is 5. The van der Waals surface area contributed by atoms with Crippen molar-refractivity contribution in [2.24, 2.45) is 18.0 Å². The quantitative estimate of drug-likeness (QED) is 0.611. The van der Waals surface area contributed by atoms with Gasteiger partial charge in [0.1, 0.15) is 0 Å². The van der Waals surface area contributed by atoms with E-state index in [-0.39, 0.29) is 10.8 Å². The molecule has 1 aromatic heterocycles. The number of aromatic nitrogens is 1. The van der Waals surface area contributed by atoms with Crippen LogP contribution in [0.2, 0.25) is 0 Å². The van der Waals surface area contributed by atoms with Crippen molar-refractivity contribution in [3.8, 4) is 0 Å². The first-order valence-corrected chi connectivity index (χ1v) is 13.0. The summed E-state index contributed by atoms with van der Waals surface area (Å²) in [7, 11) is -1.75. The first kappa shape index (κ1) is 23.3. The normalized spacial score (nSPS) is 16.3. The lowest BCUT2D eigenvalue weighted by molar-refractivity contribution is -0.114. The Kier molecular flexibility index (Phi) is 6.51. The fraction of sp³-hybridized carbons (Fsp3) is 0.348. The Morgan fingerprint density at radius 1 is 1.09 bits per heavy atom. The zero-order chi connectivity index (χ0) is 23.8. The van der Waals surface area contributed by atoms with Crippen LogP contribution in [0.3, 0.4) is 0 Å². The number of nitrogens with zero attached hydrogens (tertiary/aromatic N) is 3. The molecule has 174 valence electrons. The van der Waals surface area contributed by atoms with Crippen LogP contribution in [0, 0.1) is 5.92 Å². The van der Waals surface area contributed by atoms with Gasteiger partial charge in [-0.05, 0) is 61.2 Å². The van der Waals surface area contributed by atoms with Crippen LogP contribution < -0.4 is 10.1 Å². The molecule has 0 aliphatic carbocycles. The zero-order valence-corrected chi connectivity index (χ0v) is 20.4. The van der Waals surface area contributed by atoms with E-state index in [1.54, 1.807) is 6.07 Å². The number of piperidine rings is 1. The largest absolute Gasteiger partial charge is 0.326 e. The minimum atomic E-state index is -3.56. The average Bonchev–Trinajstić information content (AvgIpc) is 3.08. The molecule has 0 radical (unpaired) electrons. The second kappa shape index (κ2) is 9.20. The maximum absolute atomic E-state index is 12.9. The summed E-state index contributed by atoms with van der Waals surface area (Å²) in [6.07, 6.45) is 1.71. The summed E-state index contributed by atoms with van der Waals surface area (Å²) in [4.78, 5) is 29.0. The topological polar surface area (TPSA) is 101 Å². The Bertz CT molecular complexity index is 1380. The molecule has 10 heteroatoms. The van der Waals surface area contributed by atoms with Gasteiger partial charge in [0.05, 0.1) is 15.1 Å². The molecule has 2 heterocycles.